The van der Waals surface area contributed by atoms with Crippen LogP contribution in [0, 0.1) is 46.3 Å². The van der Waals surface area contributed by atoms with Gasteiger partial charge in [-0.1, -0.05) is 37.6 Å². The summed E-state index contributed by atoms with van der Waals surface area (Å²) in [6.45, 7) is 11.8. The van der Waals surface area contributed by atoms with Gasteiger partial charge in [0, 0.05) is 11.8 Å². The molecule has 0 bridgehead atoms. The van der Waals surface area contributed by atoms with Crippen molar-refractivity contribution in [2.45, 2.75) is 59.3 Å². The molecular formula is C22H30O. The third kappa shape index (κ3) is 1.49. The van der Waals surface area contributed by atoms with Crippen molar-refractivity contribution in [1.82, 2.24) is 0 Å². The minimum Gasteiger partial charge on any atom is -0.299 e. The Balaban J connectivity index is 1.59. The highest BCUT2D eigenvalue weighted by molar-refractivity contribution is 5.87. The van der Waals surface area contributed by atoms with E-state index in [9.17, 15) is 4.79 Å². The molecule has 0 aromatic heterocycles. The lowest BCUT2D eigenvalue weighted by atomic mass is 9.48. The van der Waals surface area contributed by atoms with Gasteiger partial charge in [-0.3, -0.25) is 4.79 Å². The molecule has 0 N–H and O–H groups in total. The Labute approximate surface area is 140 Å². The Morgan fingerprint density at radius 2 is 1.83 bits per heavy atom. The molecule has 5 rings (SSSR count). The van der Waals surface area contributed by atoms with E-state index in [-0.39, 0.29) is 5.41 Å². The average molecular weight is 310 g/mol. The molecule has 1 heteroatoms. The van der Waals surface area contributed by atoms with E-state index in [1.54, 1.807) is 11.1 Å². The van der Waals surface area contributed by atoms with E-state index in [0.717, 1.165) is 42.9 Å². The molecule has 5 aliphatic carbocycles. The lowest BCUT2D eigenvalue weighted by Crippen LogP contribution is -2.50. The molecule has 0 aliphatic heterocycles. The minimum absolute atomic E-state index is 0.0281. The van der Waals surface area contributed by atoms with E-state index in [1.807, 2.05) is 0 Å². The fraction of sp³-hybridized carbons (Fsp3) is 0.773. The lowest BCUT2D eigenvalue weighted by Gasteiger charge is -2.56. The van der Waals surface area contributed by atoms with Gasteiger partial charge in [-0.25, -0.2) is 0 Å². The van der Waals surface area contributed by atoms with Gasteiger partial charge in [0.1, 0.15) is 5.78 Å². The van der Waals surface area contributed by atoms with E-state index < -0.39 is 0 Å². The molecule has 8 unspecified atom stereocenters. The first-order valence-corrected chi connectivity index (χ1v) is 9.80. The SMILES string of the molecule is C=C1C2C3CCC(=O)C3(C)CCC2C2(C)CC/C(=C\C)C3C1C32. The fourth-order valence-corrected chi connectivity index (χ4v) is 7.96. The van der Waals surface area contributed by atoms with Gasteiger partial charge in [-0.15, -0.1) is 0 Å². The van der Waals surface area contributed by atoms with Crippen LogP contribution >= 0.6 is 0 Å². The van der Waals surface area contributed by atoms with Crippen LogP contribution < -0.4 is 0 Å². The van der Waals surface area contributed by atoms with Gasteiger partial charge >= 0.3 is 0 Å². The fourth-order valence-electron chi connectivity index (χ4n) is 7.96. The summed E-state index contributed by atoms with van der Waals surface area (Å²) in [5.41, 5.74) is 3.75. The van der Waals surface area contributed by atoms with E-state index in [0.29, 0.717) is 23.0 Å². The highest BCUT2D eigenvalue weighted by Crippen LogP contribution is 2.78. The van der Waals surface area contributed by atoms with Crippen LogP contribution in [-0.4, -0.2) is 5.78 Å². The lowest BCUT2D eigenvalue weighted by molar-refractivity contribution is -0.132. The number of carbonyl (C=O) groups is 1. The second kappa shape index (κ2) is 4.21. The molecule has 0 aromatic rings. The molecule has 1 nitrogen and oxygen atoms in total. The average Bonchev–Trinajstić information content (AvgIpc) is 3.22. The van der Waals surface area contributed by atoms with Crippen LogP contribution in [0.5, 0.6) is 0 Å². The van der Waals surface area contributed by atoms with Crippen molar-refractivity contribution in [3.8, 4) is 0 Å². The Kier molecular flexibility index (Phi) is 2.65. The van der Waals surface area contributed by atoms with Gasteiger partial charge in [0.2, 0.25) is 0 Å². The molecule has 0 aromatic carbocycles. The molecular weight excluding hydrogens is 280 g/mol. The first-order valence-electron chi connectivity index (χ1n) is 9.80. The molecule has 0 radical (unpaired) electrons. The number of hydrogen-bond acceptors (Lipinski definition) is 1. The third-order valence-corrected chi connectivity index (χ3v) is 9.22. The highest BCUT2D eigenvalue weighted by atomic mass is 16.1. The summed E-state index contributed by atoms with van der Waals surface area (Å²) in [4.78, 5) is 12.6. The number of fused-ring (bicyclic) bond motifs is 5. The van der Waals surface area contributed by atoms with Gasteiger partial charge in [-0.05, 0) is 80.0 Å². The monoisotopic (exact) mass is 310 g/mol. The molecule has 23 heavy (non-hydrogen) atoms. The number of rotatable bonds is 0. The van der Waals surface area contributed by atoms with Gasteiger partial charge in [0.05, 0.1) is 0 Å². The largest absolute Gasteiger partial charge is 0.299 e. The Hall–Kier alpha value is -0.850. The number of ketones is 1. The second-order valence-electron chi connectivity index (χ2n) is 9.68. The Morgan fingerprint density at radius 3 is 2.57 bits per heavy atom. The summed E-state index contributed by atoms with van der Waals surface area (Å²) in [6, 6.07) is 0. The molecule has 0 amide bonds. The summed E-state index contributed by atoms with van der Waals surface area (Å²) in [5, 5.41) is 0. The summed E-state index contributed by atoms with van der Waals surface area (Å²) in [5.74, 6) is 4.99. The quantitative estimate of drug-likeness (QED) is 0.564. The Bertz CT molecular complexity index is 642. The second-order valence-corrected chi connectivity index (χ2v) is 9.68. The molecule has 124 valence electrons. The van der Waals surface area contributed by atoms with Crippen molar-refractivity contribution in [1.29, 1.82) is 0 Å². The first-order chi connectivity index (χ1) is 10.9. The molecule has 0 saturated heterocycles. The van der Waals surface area contributed by atoms with Crippen LogP contribution in [0.1, 0.15) is 59.3 Å². The molecule has 5 fully saturated rings. The summed E-state index contributed by atoms with van der Waals surface area (Å²) < 4.78 is 0. The molecule has 8 atom stereocenters. The summed E-state index contributed by atoms with van der Waals surface area (Å²) >= 11 is 0. The molecule has 0 spiro atoms. The number of hydrogen-bond donors (Lipinski definition) is 0. The predicted octanol–water partition coefficient (Wildman–Crippen LogP) is 5.18. The smallest absolute Gasteiger partial charge is 0.139 e. The van der Waals surface area contributed by atoms with Gasteiger partial charge in [0.25, 0.3) is 0 Å². The summed E-state index contributed by atoms with van der Waals surface area (Å²) in [7, 11) is 0. The van der Waals surface area contributed by atoms with Crippen LogP contribution in [-0.2, 0) is 4.79 Å². The van der Waals surface area contributed by atoms with Gasteiger partial charge < -0.3 is 0 Å². The standard InChI is InChI=1S/C22H30O/c1-5-13-8-10-22(4)15-9-11-21(3)14(6-7-16(21)23)17(15)12(2)18-19(13)20(18)22/h5,14-15,17-20H,2,6-11H2,1,3-4H3/b13-5+. The first kappa shape index (κ1) is 14.5. The van der Waals surface area contributed by atoms with E-state index >= 15 is 0 Å². The normalized spacial score (nSPS) is 58.7. The van der Waals surface area contributed by atoms with Gasteiger partial charge in [-0.2, -0.15) is 0 Å². The zero-order chi connectivity index (χ0) is 16.1. The zero-order valence-corrected chi connectivity index (χ0v) is 14.9. The van der Waals surface area contributed by atoms with Crippen LogP contribution in [0.15, 0.2) is 23.8 Å². The van der Waals surface area contributed by atoms with E-state index in [1.165, 1.54) is 19.3 Å². The van der Waals surface area contributed by atoms with Crippen molar-refractivity contribution in [3.63, 3.8) is 0 Å². The van der Waals surface area contributed by atoms with Crippen LogP contribution in [0.2, 0.25) is 0 Å². The van der Waals surface area contributed by atoms with Crippen LogP contribution in [0.4, 0.5) is 0 Å². The highest BCUT2D eigenvalue weighted by Gasteiger charge is 2.72. The molecule has 5 aliphatic rings. The van der Waals surface area contributed by atoms with E-state index in [2.05, 4.69) is 33.4 Å². The maximum absolute atomic E-state index is 12.6. The number of Topliss-reactive ketones (excluding diaryl/α,β-unsaturated/α-hetero) is 1. The Morgan fingerprint density at radius 1 is 1.04 bits per heavy atom. The number of carbonyl (C=O) groups excluding carboxylic acids is 1. The maximum atomic E-state index is 12.6. The molecule has 5 saturated carbocycles. The molecule has 0 heterocycles. The minimum atomic E-state index is -0.0281. The maximum Gasteiger partial charge on any atom is 0.139 e. The third-order valence-electron chi connectivity index (χ3n) is 9.22. The van der Waals surface area contributed by atoms with Crippen LogP contribution in [0.3, 0.4) is 0 Å². The van der Waals surface area contributed by atoms with Crippen LogP contribution in [0.25, 0.3) is 0 Å². The van der Waals surface area contributed by atoms with Crippen molar-refractivity contribution in [3.05, 3.63) is 23.8 Å². The number of allylic oxidation sites excluding steroid dienone is 3. The zero-order valence-electron chi connectivity index (χ0n) is 14.9. The van der Waals surface area contributed by atoms with Gasteiger partial charge in [0.15, 0.2) is 0 Å². The predicted molar refractivity (Wildman–Crippen MR) is 92.8 cm³/mol. The van der Waals surface area contributed by atoms with Crippen molar-refractivity contribution in [2.75, 3.05) is 0 Å². The van der Waals surface area contributed by atoms with Crippen molar-refractivity contribution >= 4 is 5.78 Å². The van der Waals surface area contributed by atoms with Crippen molar-refractivity contribution in [2.24, 2.45) is 46.3 Å². The van der Waals surface area contributed by atoms with E-state index in [4.69, 9.17) is 0 Å². The topological polar surface area (TPSA) is 17.1 Å². The summed E-state index contributed by atoms with van der Waals surface area (Å²) in [6.07, 6.45) is 9.43. The van der Waals surface area contributed by atoms with Crippen molar-refractivity contribution < 1.29 is 4.79 Å².